The molecule has 16 heavy (non-hydrogen) atoms. The molecule has 0 radical (unpaired) electrons. The van der Waals surface area contributed by atoms with Crippen LogP contribution in [0.2, 0.25) is 0 Å². The number of anilines is 1. The fourth-order valence-corrected chi connectivity index (χ4v) is 1.52. The molecular formula is C13H20N2O. The summed E-state index contributed by atoms with van der Waals surface area (Å²) < 4.78 is 0. The van der Waals surface area contributed by atoms with E-state index in [1.807, 2.05) is 18.2 Å². The molecule has 3 heteroatoms. The van der Waals surface area contributed by atoms with Crippen LogP contribution in [0.25, 0.3) is 0 Å². The van der Waals surface area contributed by atoms with Crippen molar-refractivity contribution < 1.29 is 4.79 Å². The lowest BCUT2D eigenvalue weighted by molar-refractivity contribution is -0.116. The Labute approximate surface area is 97.0 Å². The van der Waals surface area contributed by atoms with Gasteiger partial charge in [0.1, 0.15) is 0 Å². The van der Waals surface area contributed by atoms with Crippen LogP contribution in [0.3, 0.4) is 0 Å². The molecule has 1 amide bonds. The quantitative estimate of drug-likeness (QED) is 0.723. The van der Waals surface area contributed by atoms with Crippen LogP contribution in [0.1, 0.15) is 31.7 Å². The summed E-state index contributed by atoms with van der Waals surface area (Å²) in [7, 11) is 0. The minimum Gasteiger partial charge on any atom is -0.330 e. The maximum Gasteiger partial charge on any atom is 0.224 e. The van der Waals surface area contributed by atoms with Crippen LogP contribution in [0.4, 0.5) is 5.69 Å². The van der Waals surface area contributed by atoms with Crippen LogP contribution in [0.5, 0.6) is 0 Å². The molecule has 1 aromatic carbocycles. The molecule has 0 saturated carbocycles. The topological polar surface area (TPSA) is 55.1 Å². The molecule has 0 bridgehead atoms. The summed E-state index contributed by atoms with van der Waals surface area (Å²) in [6.45, 7) is 2.75. The summed E-state index contributed by atoms with van der Waals surface area (Å²) in [6.07, 6.45) is 3.29. The summed E-state index contributed by atoms with van der Waals surface area (Å²) in [5.74, 6) is 0.0710. The zero-order valence-corrected chi connectivity index (χ0v) is 9.83. The molecule has 88 valence electrons. The first-order valence-corrected chi connectivity index (χ1v) is 5.85. The first-order valence-electron chi connectivity index (χ1n) is 5.85. The van der Waals surface area contributed by atoms with Gasteiger partial charge >= 0.3 is 0 Å². The number of carbonyl (C=O) groups excluding carboxylic acids is 1. The van der Waals surface area contributed by atoms with Crippen molar-refractivity contribution in [3.05, 3.63) is 29.8 Å². The third kappa shape index (κ3) is 4.45. The van der Waals surface area contributed by atoms with Crippen LogP contribution in [-0.2, 0) is 11.2 Å². The number of hydrogen-bond donors (Lipinski definition) is 2. The molecule has 0 fully saturated rings. The Bertz CT molecular complexity index is 336. The molecule has 0 aliphatic rings. The highest BCUT2D eigenvalue weighted by Crippen LogP contribution is 2.11. The van der Waals surface area contributed by atoms with Crippen LogP contribution < -0.4 is 11.1 Å². The van der Waals surface area contributed by atoms with E-state index in [0.29, 0.717) is 13.0 Å². The number of nitrogens with one attached hydrogen (secondary N) is 1. The van der Waals surface area contributed by atoms with E-state index in [0.717, 1.165) is 24.9 Å². The van der Waals surface area contributed by atoms with Gasteiger partial charge in [-0.05, 0) is 43.5 Å². The van der Waals surface area contributed by atoms with Gasteiger partial charge in [-0.1, -0.05) is 19.1 Å². The average Bonchev–Trinajstić information content (AvgIpc) is 2.29. The Morgan fingerprint density at radius 1 is 1.38 bits per heavy atom. The van der Waals surface area contributed by atoms with Gasteiger partial charge in [0.05, 0.1) is 0 Å². The Morgan fingerprint density at radius 3 is 2.88 bits per heavy atom. The zero-order chi connectivity index (χ0) is 11.8. The van der Waals surface area contributed by atoms with E-state index in [1.54, 1.807) is 0 Å². The maximum absolute atomic E-state index is 11.5. The van der Waals surface area contributed by atoms with E-state index in [9.17, 15) is 4.79 Å². The van der Waals surface area contributed by atoms with Gasteiger partial charge in [0.2, 0.25) is 5.91 Å². The number of amides is 1. The molecule has 0 aliphatic heterocycles. The molecule has 3 nitrogen and oxygen atoms in total. The molecule has 0 aromatic heterocycles. The lowest BCUT2D eigenvalue weighted by atomic mass is 10.1. The molecule has 0 heterocycles. The van der Waals surface area contributed by atoms with E-state index in [-0.39, 0.29) is 5.91 Å². The lowest BCUT2D eigenvalue weighted by Gasteiger charge is -2.06. The highest BCUT2D eigenvalue weighted by molar-refractivity contribution is 5.90. The standard InChI is InChI=1S/C13H20N2O/c1-2-11-6-5-7-12(10-11)15-13(16)8-3-4-9-14/h5-7,10H,2-4,8-9,14H2,1H3,(H,15,16). The molecular weight excluding hydrogens is 200 g/mol. The first-order chi connectivity index (χ1) is 7.76. The number of unbranched alkanes of at least 4 members (excludes halogenated alkanes) is 1. The molecule has 0 spiro atoms. The monoisotopic (exact) mass is 220 g/mol. The van der Waals surface area contributed by atoms with E-state index in [1.165, 1.54) is 5.56 Å². The molecule has 0 saturated heterocycles. The second-order valence-electron chi connectivity index (χ2n) is 3.85. The lowest BCUT2D eigenvalue weighted by Crippen LogP contribution is -2.12. The molecule has 0 atom stereocenters. The minimum absolute atomic E-state index is 0.0710. The predicted molar refractivity (Wildman–Crippen MR) is 67.4 cm³/mol. The van der Waals surface area contributed by atoms with Crippen LogP contribution >= 0.6 is 0 Å². The predicted octanol–water partition coefficient (Wildman–Crippen LogP) is 2.32. The van der Waals surface area contributed by atoms with Gasteiger partial charge in [-0.15, -0.1) is 0 Å². The van der Waals surface area contributed by atoms with Gasteiger partial charge in [-0.3, -0.25) is 4.79 Å². The van der Waals surface area contributed by atoms with Crippen molar-refractivity contribution in [3.8, 4) is 0 Å². The smallest absolute Gasteiger partial charge is 0.224 e. The summed E-state index contributed by atoms with van der Waals surface area (Å²) in [6, 6.07) is 7.96. The molecule has 0 aliphatic carbocycles. The van der Waals surface area contributed by atoms with Crippen molar-refractivity contribution in [1.29, 1.82) is 0 Å². The number of benzene rings is 1. The van der Waals surface area contributed by atoms with Gasteiger partial charge in [0.15, 0.2) is 0 Å². The molecule has 0 unspecified atom stereocenters. The number of aryl methyl sites for hydroxylation is 1. The number of carbonyl (C=O) groups is 1. The van der Waals surface area contributed by atoms with E-state index in [2.05, 4.69) is 18.3 Å². The Kier molecular flexibility index (Phi) is 5.57. The molecule has 1 aromatic rings. The largest absolute Gasteiger partial charge is 0.330 e. The number of hydrogen-bond acceptors (Lipinski definition) is 2. The summed E-state index contributed by atoms with van der Waals surface area (Å²) in [4.78, 5) is 11.5. The Hall–Kier alpha value is -1.35. The third-order valence-corrected chi connectivity index (χ3v) is 2.48. The highest BCUT2D eigenvalue weighted by atomic mass is 16.1. The van der Waals surface area contributed by atoms with Crippen molar-refractivity contribution >= 4 is 11.6 Å². The summed E-state index contributed by atoms with van der Waals surface area (Å²) in [5.41, 5.74) is 7.50. The minimum atomic E-state index is 0.0710. The van der Waals surface area contributed by atoms with Gasteiger partial charge in [-0.25, -0.2) is 0 Å². The van der Waals surface area contributed by atoms with Gasteiger partial charge in [-0.2, -0.15) is 0 Å². The fourth-order valence-electron chi connectivity index (χ4n) is 1.52. The molecule has 3 N–H and O–H groups in total. The highest BCUT2D eigenvalue weighted by Gasteiger charge is 2.01. The number of rotatable bonds is 6. The normalized spacial score (nSPS) is 10.1. The third-order valence-electron chi connectivity index (χ3n) is 2.48. The van der Waals surface area contributed by atoms with Gasteiger partial charge in [0.25, 0.3) is 0 Å². The van der Waals surface area contributed by atoms with Crippen LogP contribution in [0.15, 0.2) is 24.3 Å². The van der Waals surface area contributed by atoms with E-state index in [4.69, 9.17) is 5.73 Å². The Morgan fingerprint density at radius 2 is 2.19 bits per heavy atom. The van der Waals surface area contributed by atoms with Crippen molar-refractivity contribution in [3.63, 3.8) is 0 Å². The first kappa shape index (κ1) is 12.7. The number of nitrogens with two attached hydrogens (primary N) is 1. The maximum atomic E-state index is 11.5. The van der Waals surface area contributed by atoms with Crippen molar-refractivity contribution in [1.82, 2.24) is 0 Å². The molecule has 1 rings (SSSR count). The van der Waals surface area contributed by atoms with Crippen molar-refractivity contribution in [2.45, 2.75) is 32.6 Å². The van der Waals surface area contributed by atoms with Crippen molar-refractivity contribution in [2.24, 2.45) is 5.73 Å². The van der Waals surface area contributed by atoms with E-state index < -0.39 is 0 Å². The average molecular weight is 220 g/mol. The second-order valence-corrected chi connectivity index (χ2v) is 3.85. The van der Waals surface area contributed by atoms with Crippen LogP contribution in [0, 0.1) is 0 Å². The Balaban J connectivity index is 2.43. The van der Waals surface area contributed by atoms with Gasteiger partial charge in [0, 0.05) is 12.1 Å². The SMILES string of the molecule is CCc1cccc(NC(=O)CCCCN)c1. The van der Waals surface area contributed by atoms with Gasteiger partial charge < -0.3 is 11.1 Å². The van der Waals surface area contributed by atoms with E-state index >= 15 is 0 Å². The fraction of sp³-hybridized carbons (Fsp3) is 0.462. The van der Waals surface area contributed by atoms with Crippen LogP contribution in [-0.4, -0.2) is 12.5 Å². The zero-order valence-electron chi connectivity index (χ0n) is 9.83. The summed E-state index contributed by atoms with van der Waals surface area (Å²) in [5, 5.41) is 2.90. The van der Waals surface area contributed by atoms with Crippen molar-refractivity contribution in [2.75, 3.05) is 11.9 Å². The summed E-state index contributed by atoms with van der Waals surface area (Å²) >= 11 is 0. The second kappa shape index (κ2) is 7.01.